The summed E-state index contributed by atoms with van der Waals surface area (Å²) in [6.45, 7) is -0.390. The van der Waals surface area contributed by atoms with Crippen LogP contribution in [0.25, 0.3) is 10.9 Å². The first-order valence-electron chi connectivity index (χ1n) is 12.0. The summed E-state index contributed by atoms with van der Waals surface area (Å²) in [7, 11) is 0. The number of aliphatic carboxylic acids is 1. The molecule has 4 unspecified atom stereocenters. The fourth-order valence-corrected chi connectivity index (χ4v) is 4.40. The highest BCUT2D eigenvalue weighted by Gasteiger charge is 2.39. The van der Waals surface area contributed by atoms with Crippen LogP contribution in [0.5, 0.6) is 0 Å². The summed E-state index contributed by atoms with van der Waals surface area (Å²) in [5, 5.41) is 24.5. The van der Waals surface area contributed by atoms with E-state index in [-0.39, 0.29) is 25.8 Å². The topological polar surface area (TPSA) is 221 Å². The third-order valence-electron chi connectivity index (χ3n) is 6.38. The van der Waals surface area contributed by atoms with Gasteiger partial charge < -0.3 is 42.2 Å². The number of amides is 4. The van der Waals surface area contributed by atoms with Crippen LogP contribution >= 0.6 is 0 Å². The molecule has 37 heavy (non-hydrogen) atoms. The van der Waals surface area contributed by atoms with Gasteiger partial charge in [-0.1, -0.05) is 18.2 Å². The van der Waals surface area contributed by atoms with Crippen molar-refractivity contribution in [1.29, 1.82) is 0 Å². The number of carboxylic acid groups (broad SMARTS) is 1. The number of carbonyl (C=O) groups is 5. The minimum Gasteiger partial charge on any atom is -0.480 e. The SMILES string of the molecule is NC(=O)CCC(NC(=O)C1CCCN1C(=O)C(Cc1c[nH]c2ccccc12)NC(=O)C(N)CO)C(=O)O. The average molecular weight is 517 g/mol. The van der Waals surface area contributed by atoms with Crippen LogP contribution in [0.15, 0.2) is 30.5 Å². The van der Waals surface area contributed by atoms with Gasteiger partial charge in [-0.05, 0) is 30.9 Å². The molecule has 1 saturated heterocycles. The van der Waals surface area contributed by atoms with Crippen molar-refractivity contribution in [3.8, 4) is 0 Å². The second kappa shape index (κ2) is 12.3. The van der Waals surface area contributed by atoms with Crippen LogP contribution in [0.4, 0.5) is 0 Å². The first-order valence-corrected chi connectivity index (χ1v) is 12.0. The van der Waals surface area contributed by atoms with Gasteiger partial charge in [0.05, 0.1) is 6.61 Å². The molecule has 0 saturated carbocycles. The lowest BCUT2D eigenvalue weighted by Crippen LogP contribution is -2.57. The number of primary amides is 1. The number of aromatic nitrogens is 1. The van der Waals surface area contributed by atoms with Crippen molar-refractivity contribution < 1.29 is 34.2 Å². The third kappa shape index (κ3) is 6.83. The number of nitrogens with two attached hydrogens (primary N) is 2. The average Bonchev–Trinajstić information content (AvgIpc) is 3.52. The molecule has 13 heteroatoms. The molecule has 3 rings (SSSR count). The number of fused-ring (bicyclic) bond motifs is 1. The minimum atomic E-state index is -1.35. The Morgan fingerprint density at radius 1 is 1.14 bits per heavy atom. The van der Waals surface area contributed by atoms with Gasteiger partial charge in [0.15, 0.2) is 0 Å². The van der Waals surface area contributed by atoms with Crippen LogP contribution in [-0.4, -0.2) is 87.0 Å². The number of carbonyl (C=O) groups excluding carboxylic acids is 4. The number of para-hydroxylation sites is 1. The molecule has 1 fully saturated rings. The fourth-order valence-electron chi connectivity index (χ4n) is 4.40. The molecule has 0 bridgehead atoms. The number of nitrogens with one attached hydrogen (secondary N) is 3. The van der Waals surface area contributed by atoms with Gasteiger partial charge in [0.25, 0.3) is 0 Å². The Kier molecular flexibility index (Phi) is 9.20. The van der Waals surface area contributed by atoms with Gasteiger partial charge in [-0.2, -0.15) is 0 Å². The highest BCUT2D eigenvalue weighted by molar-refractivity contribution is 5.95. The molecule has 9 N–H and O–H groups in total. The number of likely N-dealkylation sites (tertiary alicyclic amines) is 1. The number of nitrogens with zero attached hydrogens (tertiary/aromatic N) is 1. The molecule has 13 nitrogen and oxygen atoms in total. The Labute approximate surface area is 212 Å². The van der Waals surface area contributed by atoms with Crippen molar-refractivity contribution in [1.82, 2.24) is 20.5 Å². The zero-order valence-corrected chi connectivity index (χ0v) is 20.2. The maximum absolute atomic E-state index is 13.6. The number of carboxylic acids is 1. The lowest BCUT2D eigenvalue weighted by Gasteiger charge is -2.30. The molecule has 200 valence electrons. The van der Waals surface area contributed by atoms with Crippen LogP contribution in [0, 0.1) is 0 Å². The van der Waals surface area contributed by atoms with E-state index in [0.29, 0.717) is 12.8 Å². The quantitative estimate of drug-likeness (QED) is 0.173. The lowest BCUT2D eigenvalue weighted by atomic mass is 10.0. The van der Waals surface area contributed by atoms with E-state index in [1.54, 1.807) is 6.20 Å². The van der Waals surface area contributed by atoms with Gasteiger partial charge in [0.1, 0.15) is 24.2 Å². The lowest BCUT2D eigenvalue weighted by molar-refractivity contribution is -0.145. The molecule has 0 aliphatic carbocycles. The maximum Gasteiger partial charge on any atom is 0.326 e. The highest BCUT2D eigenvalue weighted by Crippen LogP contribution is 2.23. The van der Waals surface area contributed by atoms with Gasteiger partial charge in [-0.3, -0.25) is 19.2 Å². The van der Waals surface area contributed by atoms with Gasteiger partial charge in [0, 0.05) is 36.5 Å². The molecule has 1 aromatic carbocycles. The smallest absolute Gasteiger partial charge is 0.326 e. The monoisotopic (exact) mass is 516 g/mol. The number of rotatable bonds is 12. The van der Waals surface area contributed by atoms with E-state index in [0.717, 1.165) is 16.5 Å². The van der Waals surface area contributed by atoms with Gasteiger partial charge in [-0.15, -0.1) is 0 Å². The number of aromatic amines is 1. The summed E-state index contributed by atoms with van der Waals surface area (Å²) in [6.07, 6.45) is 2.20. The van der Waals surface area contributed by atoms with Crippen LogP contribution in [0.3, 0.4) is 0 Å². The highest BCUT2D eigenvalue weighted by atomic mass is 16.4. The van der Waals surface area contributed by atoms with E-state index in [1.165, 1.54) is 4.90 Å². The van der Waals surface area contributed by atoms with Crippen molar-refractivity contribution in [2.45, 2.75) is 56.3 Å². The van der Waals surface area contributed by atoms with Crippen LogP contribution in [0.1, 0.15) is 31.2 Å². The Hall–Kier alpha value is -3.97. The van der Waals surface area contributed by atoms with Crippen molar-refractivity contribution in [3.63, 3.8) is 0 Å². The number of benzene rings is 1. The van der Waals surface area contributed by atoms with E-state index in [9.17, 15) is 34.2 Å². The predicted molar refractivity (Wildman–Crippen MR) is 132 cm³/mol. The standard InChI is InChI=1S/C24H32N6O7/c25-15(12-31)21(33)29-18(10-13-11-27-16-5-2-1-4-14(13)16)23(35)30-9-3-6-19(30)22(34)28-17(24(36)37)7-8-20(26)32/h1-2,4-5,11,15,17-19,27,31H,3,6-10,12,25H2,(H2,26,32)(H,28,34)(H,29,33)(H,36,37). The number of aliphatic hydroxyl groups is 1. The van der Waals surface area contributed by atoms with E-state index in [1.807, 2.05) is 24.3 Å². The molecule has 2 aromatic rings. The summed E-state index contributed by atoms with van der Waals surface area (Å²) in [4.78, 5) is 66.2. The largest absolute Gasteiger partial charge is 0.480 e. The Morgan fingerprint density at radius 3 is 2.54 bits per heavy atom. The minimum absolute atomic E-state index is 0.0912. The van der Waals surface area contributed by atoms with E-state index in [2.05, 4.69) is 15.6 Å². The normalized spacial score (nSPS) is 17.7. The number of H-pyrrole nitrogens is 1. The molecule has 1 aliphatic rings. The van der Waals surface area contributed by atoms with Crippen molar-refractivity contribution in [2.24, 2.45) is 11.5 Å². The second-order valence-electron chi connectivity index (χ2n) is 9.01. The third-order valence-corrected chi connectivity index (χ3v) is 6.38. The van der Waals surface area contributed by atoms with Crippen LogP contribution < -0.4 is 22.1 Å². The maximum atomic E-state index is 13.6. The molecule has 1 aromatic heterocycles. The van der Waals surface area contributed by atoms with E-state index in [4.69, 9.17) is 11.5 Å². The summed E-state index contributed by atoms with van der Waals surface area (Å²) < 4.78 is 0. The van der Waals surface area contributed by atoms with Gasteiger partial charge in [-0.25, -0.2) is 4.79 Å². The summed E-state index contributed by atoms with van der Waals surface area (Å²) in [5.41, 5.74) is 12.3. The molecular weight excluding hydrogens is 484 g/mol. The van der Waals surface area contributed by atoms with E-state index < -0.39 is 60.4 Å². The fraction of sp³-hybridized carbons (Fsp3) is 0.458. The van der Waals surface area contributed by atoms with Crippen molar-refractivity contribution >= 4 is 40.5 Å². The number of aliphatic hydroxyl groups excluding tert-OH is 1. The Morgan fingerprint density at radius 2 is 1.86 bits per heavy atom. The predicted octanol–water partition coefficient (Wildman–Crippen LogP) is -1.66. The van der Waals surface area contributed by atoms with Crippen LogP contribution in [-0.2, 0) is 30.4 Å². The van der Waals surface area contributed by atoms with Gasteiger partial charge in [0.2, 0.25) is 23.6 Å². The summed E-state index contributed by atoms with van der Waals surface area (Å²) in [5.74, 6) is -3.96. The van der Waals surface area contributed by atoms with Crippen molar-refractivity contribution in [2.75, 3.05) is 13.2 Å². The summed E-state index contributed by atoms with van der Waals surface area (Å²) in [6, 6.07) is 2.80. The van der Waals surface area contributed by atoms with Crippen LogP contribution in [0.2, 0.25) is 0 Å². The molecule has 0 spiro atoms. The van der Waals surface area contributed by atoms with Gasteiger partial charge >= 0.3 is 5.97 Å². The second-order valence-corrected chi connectivity index (χ2v) is 9.01. The molecule has 4 amide bonds. The number of hydrogen-bond donors (Lipinski definition) is 7. The molecular formula is C24H32N6O7. The Bertz CT molecular complexity index is 1170. The summed E-state index contributed by atoms with van der Waals surface area (Å²) >= 11 is 0. The Balaban J connectivity index is 1.81. The molecule has 0 radical (unpaired) electrons. The van der Waals surface area contributed by atoms with Crippen molar-refractivity contribution in [3.05, 3.63) is 36.0 Å². The zero-order chi connectivity index (χ0) is 27.1. The molecule has 1 aliphatic heterocycles. The molecule has 2 heterocycles. The first kappa shape index (κ1) is 27.6. The zero-order valence-electron chi connectivity index (χ0n) is 20.2. The molecule has 4 atom stereocenters. The number of hydrogen-bond acceptors (Lipinski definition) is 7. The first-order chi connectivity index (χ1) is 17.6. The van der Waals surface area contributed by atoms with E-state index >= 15 is 0 Å².